The number of carbonyl (C=O) groups is 4. The van der Waals surface area contributed by atoms with E-state index in [4.69, 9.17) is 0 Å². The van der Waals surface area contributed by atoms with Crippen molar-refractivity contribution in [2.24, 2.45) is 0 Å². The molecule has 1 saturated heterocycles. The molecule has 2 N–H and O–H groups in total. The molecule has 0 unspecified atom stereocenters. The fraction of sp³-hybridized carbons (Fsp3) is 0.154. The molecule has 3 aromatic carbocycles. The molecule has 7 nitrogen and oxygen atoms in total. The van der Waals surface area contributed by atoms with Crippen LogP contribution in [0.2, 0.25) is 0 Å². The second-order valence-corrected chi connectivity index (χ2v) is 7.71. The van der Waals surface area contributed by atoms with Crippen LogP contribution in [0, 0.1) is 0 Å². The minimum atomic E-state index is -1.41. The molecular weight excluding hydrogens is 418 g/mol. The summed E-state index contributed by atoms with van der Waals surface area (Å²) in [5.41, 5.74) is 0.720. The topological polar surface area (TPSA) is 95.6 Å². The summed E-state index contributed by atoms with van der Waals surface area (Å²) in [5.74, 6) is -1.03. The van der Waals surface area contributed by atoms with Crippen molar-refractivity contribution in [3.8, 4) is 0 Å². The second-order valence-electron chi connectivity index (χ2n) is 7.71. The van der Waals surface area contributed by atoms with Gasteiger partial charge in [-0.05, 0) is 35.4 Å². The number of imide groups is 1. The molecule has 0 spiro atoms. The van der Waals surface area contributed by atoms with E-state index in [0.29, 0.717) is 28.8 Å². The van der Waals surface area contributed by atoms with Gasteiger partial charge in [0.15, 0.2) is 11.3 Å². The maximum Gasteiger partial charge on any atom is 0.325 e. The number of amides is 4. The van der Waals surface area contributed by atoms with Crippen LogP contribution < -0.4 is 10.6 Å². The Hall–Kier alpha value is -4.26. The maximum absolute atomic E-state index is 13.7. The highest BCUT2D eigenvalue weighted by Crippen LogP contribution is 2.36. The van der Waals surface area contributed by atoms with Gasteiger partial charge in [0.05, 0.1) is 6.54 Å². The van der Waals surface area contributed by atoms with Crippen LogP contribution in [-0.4, -0.2) is 35.1 Å². The Bertz CT molecular complexity index is 1150. The van der Waals surface area contributed by atoms with Gasteiger partial charge in [-0.25, -0.2) is 4.79 Å². The number of carbonyl (C=O) groups excluding carboxylic acids is 4. The number of urea groups is 1. The molecule has 1 aliphatic rings. The Labute approximate surface area is 191 Å². The second kappa shape index (κ2) is 9.08. The van der Waals surface area contributed by atoms with Crippen LogP contribution in [-0.2, 0) is 15.1 Å². The van der Waals surface area contributed by atoms with Crippen LogP contribution in [0.3, 0.4) is 0 Å². The zero-order chi connectivity index (χ0) is 23.4. The number of benzene rings is 3. The summed E-state index contributed by atoms with van der Waals surface area (Å²) in [5, 5.41) is 5.54. The number of rotatable bonds is 7. The molecule has 0 radical (unpaired) electrons. The molecule has 33 heavy (non-hydrogen) atoms. The summed E-state index contributed by atoms with van der Waals surface area (Å²) >= 11 is 0. The zero-order valence-electron chi connectivity index (χ0n) is 18.1. The van der Waals surface area contributed by atoms with Crippen molar-refractivity contribution in [2.75, 3.05) is 11.9 Å². The summed E-state index contributed by atoms with van der Waals surface area (Å²) in [7, 11) is 0. The average Bonchev–Trinajstić information content (AvgIpc) is 3.11. The summed E-state index contributed by atoms with van der Waals surface area (Å²) < 4.78 is 0. The lowest BCUT2D eigenvalue weighted by Gasteiger charge is -2.28. The third kappa shape index (κ3) is 4.13. The van der Waals surface area contributed by atoms with E-state index in [-0.39, 0.29) is 11.7 Å². The quantitative estimate of drug-likeness (QED) is 0.432. The summed E-state index contributed by atoms with van der Waals surface area (Å²) in [6, 6.07) is 23.7. The number of ketones is 1. The average molecular weight is 441 g/mol. The van der Waals surface area contributed by atoms with Gasteiger partial charge in [0.1, 0.15) is 0 Å². The van der Waals surface area contributed by atoms with Gasteiger partial charge in [-0.1, -0.05) is 67.6 Å². The first kappa shape index (κ1) is 22.0. The number of hydrogen-bond acceptors (Lipinski definition) is 4. The Morgan fingerprint density at radius 2 is 1.39 bits per heavy atom. The molecule has 166 valence electrons. The molecule has 7 heteroatoms. The molecule has 1 heterocycles. The van der Waals surface area contributed by atoms with Crippen molar-refractivity contribution < 1.29 is 19.2 Å². The Balaban J connectivity index is 1.61. The number of hydrogen-bond donors (Lipinski definition) is 2. The van der Waals surface area contributed by atoms with E-state index in [2.05, 4.69) is 10.6 Å². The maximum atomic E-state index is 13.7. The third-order valence-electron chi connectivity index (χ3n) is 5.63. The number of anilines is 1. The van der Waals surface area contributed by atoms with Gasteiger partial charge in [-0.3, -0.25) is 19.3 Å². The lowest BCUT2D eigenvalue weighted by molar-refractivity contribution is -0.130. The SMILES string of the molecule is CCC(=O)Nc1ccc(C(=O)CN2C(=O)NC(c3ccccc3)(c3ccccc3)C2=O)cc1. The van der Waals surface area contributed by atoms with Gasteiger partial charge in [0.2, 0.25) is 5.91 Å². The van der Waals surface area contributed by atoms with Crippen molar-refractivity contribution in [2.45, 2.75) is 18.9 Å². The zero-order valence-corrected chi connectivity index (χ0v) is 18.1. The van der Waals surface area contributed by atoms with Crippen molar-refractivity contribution in [1.82, 2.24) is 10.2 Å². The van der Waals surface area contributed by atoms with Gasteiger partial charge >= 0.3 is 6.03 Å². The van der Waals surface area contributed by atoms with Crippen molar-refractivity contribution in [3.63, 3.8) is 0 Å². The van der Waals surface area contributed by atoms with E-state index in [1.807, 2.05) is 12.1 Å². The fourth-order valence-corrected chi connectivity index (χ4v) is 3.88. The van der Waals surface area contributed by atoms with Gasteiger partial charge in [-0.15, -0.1) is 0 Å². The van der Waals surface area contributed by atoms with Crippen LogP contribution in [0.5, 0.6) is 0 Å². The molecule has 3 aromatic rings. The molecule has 4 amide bonds. The van der Waals surface area contributed by atoms with E-state index in [0.717, 1.165) is 4.90 Å². The molecule has 0 bridgehead atoms. The lowest BCUT2D eigenvalue weighted by Crippen LogP contribution is -2.45. The van der Waals surface area contributed by atoms with Crippen molar-refractivity contribution in [3.05, 3.63) is 102 Å². The number of nitrogens with zero attached hydrogens (tertiary/aromatic N) is 1. The standard InChI is InChI=1S/C26H23N3O4/c1-2-23(31)27-21-15-13-18(14-16-21)22(30)17-29-24(32)26(28-25(29)33,19-9-5-3-6-10-19)20-11-7-4-8-12-20/h3-16H,2,17H2,1H3,(H,27,31)(H,28,33). The van der Waals surface area contributed by atoms with E-state index in [1.54, 1.807) is 79.7 Å². The normalized spacial score (nSPS) is 14.6. The first-order valence-electron chi connectivity index (χ1n) is 10.6. The molecule has 1 aliphatic heterocycles. The van der Waals surface area contributed by atoms with Crippen LogP contribution in [0.25, 0.3) is 0 Å². The van der Waals surface area contributed by atoms with Crippen LogP contribution in [0.4, 0.5) is 10.5 Å². The van der Waals surface area contributed by atoms with E-state index in [9.17, 15) is 19.2 Å². The number of Topliss-reactive ketones (excluding diaryl/α,β-unsaturated/α-hetero) is 1. The Kier molecular flexibility index (Phi) is 6.04. The van der Waals surface area contributed by atoms with Gasteiger partial charge in [0, 0.05) is 17.7 Å². The molecule has 0 aliphatic carbocycles. The first-order chi connectivity index (χ1) is 16.0. The number of nitrogens with one attached hydrogen (secondary N) is 2. The summed E-state index contributed by atoms with van der Waals surface area (Å²) in [6.07, 6.45) is 0.345. The molecule has 0 saturated carbocycles. The van der Waals surface area contributed by atoms with Crippen LogP contribution in [0.1, 0.15) is 34.8 Å². The first-order valence-corrected chi connectivity index (χ1v) is 10.6. The Morgan fingerprint density at radius 1 is 0.848 bits per heavy atom. The predicted octanol–water partition coefficient (Wildman–Crippen LogP) is 3.71. The van der Waals surface area contributed by atoms with Crippen molar-refractivity contribution >= 4 is 29.3 Å². The third-order valence-corrected chi connectivity index (χ3v) is 5.63. The fourth-order valence-electron chi connectivity index (χ4n) is 3.88. The minimum Gasteiger partial charge on any atom is -0.326 e. The van der Waals surface area contributed by atoms with Crippen molar-refractivity contribution in [1.29, 1.82) is 0 Å². The van der Waals surface area contributed by atoms with Gasteiger partial charge in [0.25, 0.3) is 5.91 Å². The van der Waals surface area contributed by atoms with Crippen LogP contribution in [0.15, 0.2) is 84.9 Å². The largest absolute Gasteiger partial charge is 0.326 e. The van der Waals surface area contributed by atoms with Gasteiger partial charge < -0.3 is 10.6 Å². The van der Waals surface area contributed by atoms with Gasteiger partial charge in [-0.2, -0.15) is 0 Å². The lowest BCUT2D eigenvalue weighted by atomic mass is 9.82. The van der Waals surface area contributed by atoms with Crippen LogP contribution >= 0.6 is 0 Å². The highest BCUT2D eigenvalue weighted by Gasteiger charge is 2.54. The highest BCUT2D eigenvalue weighted by atomic mass is 16.2. The molecule has 1 fully saturated rings. The predicted molar refractivity (Wildman–Crippen MR) is 124 cm³/mol. The molecule has 0 aromatic heterocycles. The Morgan fingerprint density at radius 3 is 1.91 bits per heavy atom. The monoisotopic (exact) mass is 441 g/mol. The highest BCUT2D eigenvalue weighted by molar-refractivity contribution is 6.13. The van der Waals surface area contributed by atoms with E-state index < -0.39 is 24.0 Å². The smallest absolute Gasteiger partial charge is 0.325 e. The molecule has 4 rings (SSSR count). The summed E-state index contributed by atoms with van der Waals surface area (Å²) in [6.45, 7) is 1.35. The molecular formula is C26H23N3O4. The molecule has 0 atom stereocenters. The van der Waals surface area contributed by atoms with E-state index in [1.165, 1.54) is 0 Å². The minimum absolute atomic E-state index is 0.133. The van der Waals surface area contributed by atoms with E-state index >= 15 is 0 Å². The summed E-state index contributed by atoms with van der Waals surface area (Å²) in [4.78, 5) is 52.0.